The van der Waals surface area contributed by atoms with Crippen LogP contribution in [-0.2, 0) is 0 Å². The first-order valence-electron chi connectivity index (χ1n) is 4.95. The van der Waals surface area contributed by atoms with Gasteiger partial charge in [-0.1, -0.05) is 13.0 Å². The third-order valence-corrected chi connectivity index (χ3v) is 4.46. The highest BCUT2D eigenvalue weighted by Crippen LogP contribution is 2.27. The molecule has 15 heavy (non-hydrogen) atoms. The lowest BCUT2D eigenvalue weighted by atomic mass is 10.1. The average Bonchev–Trinajstić information content (AvgIpc) is 2.24. The van der Waals surface area contributed by atoms with Crippen molar-refractivity contribution in [3.8, 4) is 0 Å². The van der Waals surface area contributed by atoms with Crippen molar-refractivity contribution in [1.29, 1.82) is 0 Å². The molecule has 1 aromatic rings. The van der Waals surface area contributed by atoms with Crippen LogP contribution in [0.5, 0.6) is 0 Å². The van der Waals surface area contributed by atoms with E-state index in [1.165, 1.54) is 5.56 Å². The molecule has 0 amide bonds. The lowest BCUT2D eigenvalue weighted by Gasteiger charge is -2.26. The van der Waals surface area contributed by atoms with E-state index in [2.05, 4.69) is 62.9 Å². The van der Waals surface area contributed by atoms with Gasteiger partial charge in [0, 0.05) is 21.5 Å². The number of rotatable bonds is 4. The Morgan fingerprint density at radius 3 is 2.47 bits per heavy atom. The van der Waals surface area contributed by atoms with E-state index in [-0.39, 0.29) is 0 Å². The Morgan fingerprint density at radius 1 is 1.33 bits per heavy atom. The van der Waals surface area contributed by atoms with Gasteiger partial charge in [-0.2, -0.15) is 0 Å². The van der Waals surface area contributed by atoms with Gasteiger partial charge in [0.1, 0.15) is 0 Å². The molecule has 0 aliphatic carbocycles. The summed E-state index contributed by atoms with van der Waals surface area (Å²) in [6.07, 6.45) is 0. The molecule has 84 valence electrons. The standard InChI is InChI=1S/C11H16Br2N2/c1-3-15(2)11(7-14)8-4-5-9(12)10(13)6-8/h4-6,11H,3,7,14H2,1-2H3. The number of likely N-dealkylation sites (N-methyl/N-ethyl adjacent to an activating group) is 1. The van der Waals surface area contributed by atoms with E-state index in [4.69, 9.17) is 5.73 Å². The van der Waals surface area contributed by atoms with Gasteiger partial charge >= 0.3 is 0 Å². The van der Waals surface area contributed by atoms with E-state index in [1.54, 1.807) is 0 Å². The van der Waals surface area contributed by atoms with Crippen LogP contribution in [0.3, 0.4) is 0 Å². The molecular formula is C11H16Br2N2. The zero-order valence-corrected chi connectivity index (χ0v) is 12.2. The Kier molecular flexibility index (Phi) is 5.26. The van der Waals surface area contributed by atoms with Crippen LogP contribution in [0.1, 0.15) is 18.5 Å². The summed E-state index contributed by atoms with van der Waals surface area (Å²) in [5.74, 6) is 0. The lowest BCUT2D eigenvalue weighted by Crippen LogP contribution is -2.30. The molecule has 2 N–H and O–H groups in total. The Bertz CT molecular complexity index is 328. The van der Waals surface area contributed by atoms with Gasteiger partial charge in [0.15, 0.2) is 0 Å². The highest BCUT2D eigenvalue weighted by Gasteiger charge is 2.14. The molecule has 0 bridgehead atoms. The highest BCUT2D eigenvalue weighted by molar-refractivity contribution is 9.13. The quantitative estimate of drug-likeness (QED) is 0.915. The van der Waals surface area contributed by atoms with Gasteiger partial charge in [0.25, 0.3) is 0 Å². The van der Waals surface area contributed by atoms with Crippen molar-refractivity contribution in [3.05, 3.63) is 32.7 Å². The number of hydrogen-bond acceptors (Lipinski definition) is 2. The van der Waals surface area contributed by atoms with E-state index in [1.807, 2.05) is 6.07 Å². The first-order chi connectivity index (χ1) is 7.10. The van der Waals surface area contributed by atoms with E-state index in [0.29, 0.717) is 12.6 Å². The minimum atomic E-state index is 0.291. The number of hydrogen-bond donors (Lipinski definition) is 1. The minimum Gasteiger partial charge on any atom is -0.329 e. The first-order valence-corrected chi connectivity index (χ1v) is 6.54. The summed E-state index contributed by atoms with van der Waals surface area (Å²) in [4.78, 5) is 2.25. The van der Waals surface area contributed by atoms with Gasteiger partial charge in [0.05, 0.1) is 0 Å². The fourth-order valence-corrected chi connectivity index (χ4v) is 2.15. The molecule has 1 atom stereocenters. The molecule has 0 radical (unpaired) electrons. The fourth-order valence-electron chi connectivity index (χ4n) is 1.51. The lowest BCUT2D eigenvalue weighted by molar-refractivity contribution is 0.263. The van der Waals surface area contributed by atoms with E-state index >= 15 is 0 Å². The Morgan fingerprint density at radius 2 is 2.00 bits per heavy atom. The largest absolute Gasteiger partial charge is 0.329 e. The number of halogens is 2. The van der Waals surface area contributed by atoms with Crippen LogP contribution in [0.15, 0.2) is 27.1 Å². The highest BCUT2D eigenvalue weighted by atomic mass is 79.9. The minimum absolute atomic E-state index is 0.291. The van der Waals surface area contributed by atoms with Crippen molar-refractivity contribution in [2.75, 3.05) is 20.1 Å². The summed E-state index contributed by atoms with van der Waals surface area (Å²) in [6.45, 7) is 3.77. The number of benzene rings is 1. The van der Waals surface area contributed by atoms with E-state index in [0.717, 1.165) is 15.5 Å². The topological polar surface area (TPSA) is 29.3 Å². The van der Waals surface area contributed by atoms with Gasteiger partial charge in [-0.05, 0) is 63.1 Å². The monoisotopic (exact) mass is 334 g/mol. The molecule has 0 saturated heterocycles. The molecule has 0 spiro atoms. The average molecular weight is 336 g/mol. The second kappa shape index (κ2) is 5.99. The zero-order chi connectivity index (χ0) is 11.4. The van der Waals surface area contributed by atoms with E-state index < -0.39 is 0 Å². The van der Waals surface area contributed by atoms with Crippen molar-refractivity contribution in [2.45, 2.75) is 13.0 Å². The van der Waals surface area contributed by atoms with Gasteiger partial charge < -0.3 is 5.73 Å². The maximum absolute atomic E-state index is 5.80. The Labute approximate surface area is 108 Å². The van der Waals surface area contributed by atoms with Gasteiger partial charge in [-0.25, -0.2) is 0 Å². The summed E-state index contributed by atoms with van der Waals surface area (Å²) in [5, 5.41) is 0. The predicted molar refractivity (Wildman–Crippen MR) is 71.9 cm³/mol. The second-order valence-electron chi connectivity index (χ2n) is 3.50. The van der Waals surface area contributed by atoms with Crippen molar-refractivity contribution in [2.24, 2.45) is 5.73 Å². The molecule has 4 heteroatoms. The fraction of sp³-hybridized carbons (Fsp3) is 0.455. The van der Waals surface area contributed by atoms with Gasteiger partial charge in [-0.3, -0.25) is 4.90 Å². The van der Waals surface area contributed by atoms with E-state index in [9.17, 15) is 0 Å². The molecule has 0 aromatic heterocycles. The van der Waals surface area contributed by atoms with Crippen LogP contribution in [0, 0.1) is 0 Å². The summed E-state index contributed by atoms with van der Waals surface area (Å²) in [5.41, 5.74) is 7.05. The Balaban J connectivity index is 2.97. The van der Waals surface area contributed by atoms with Crippen LogP contribution in [0.4, 0.5) is 0 Å². The van der Waals surface area contributed by atoms with Crippen molar-refractivity contribution >= 4 is 31.9 Å². The molecule has 0 aliphatic rings. The van der Waals surface area contributed by atoms with Crippen LogP contribution < -0.4 is 5.73 Å². The first kappa shape index (κ1) is 13.2. The zero-order valence-electron chi connectivity index (χ0n) is 9.00. The second-order valence-corrected chi connectivity index (χ2v) is 5.21. The predicted octanol–water partition coefficient (Wildman–Crippen LogP) is 3.16. The molecule has 1 rings (SSSR count). The molecule has 1 unspecified atom stereocenters. The molecule has 0 heterocycles. The SMILES string of the molecule is CCN(C)C(CN)c1ccc(Br)c(Br)c1. The number of nitrogens with zero attached hydrogens (tertiary/aromatic N) is 1. The van der Waals surface area contributed by atoms with Crippen molar-refractivity contribution in [3.63, 3.8) is 0 Å². The van der Waals surface area contributed by atoms with Crippen LogP contribution in [0.25, 0.3) is 0 Å². The molecule has 0 saturated carbocycles. The normalized spacial score (nSPS) is 13.2. The smallest absolute Gasteiger partial charge is 0.0467 e. The molecule has 1 aromatic carbocycles. The summed E-state index contributed by atoms with van der Waals surface area (Å²) >= 11 is 6.97. The van der Waals surface area contributed by atoms with Crippen molar-refractivity contribution < 1.29 is 0 Å². The number of nitrogens with two attached hydrogens (primary N) is 1. The molecule has 0 fully saturated rings. The maximum Gasteiger partial charge on any atom is 0.0467 e. The van der Waals surface area contributed by atoms with Crippen LogP contribution in [0.2, 0.25) is 0 Å². The molecular weight excluding hydrogens is 320 g/mol. The van der Waals surface area contributed by atoms with Crippen molar-refractivity contribution in [1.82, 2.24) is 4.90 Å². The van der Waals surface area contributed by atoms with Gasteiger partial charge in [0.2, 0.25) is 0 Å². The third-order valence-electron chi connectivity index (χ3n) is 2.58. The van der Waals surface area contributed by atoms with Crippen LogP contribution in [-0.4, -0.2) is 25.0 Å². The summed E-state index contributed by atoms with van der Waals surface area (Å²) in [7, 11) is 2.09. The maximum atomic E-state index is 5.80. The van der Waals surface area contributed by atoms with Gasteiger partial charge in [-0.15, -0.1) is 0 Å². The third kappa shape index (κ3) is 3.28. The van der Waals surface area contributed by atoms with Crippen LogP contribution >= 0.6 is 31.9 Å². The Hall–Kier alpha value is 0.1000. The molecule has 2 nitrogen and oxygen atoms in total. The summed E-state index contributed by atoms with van der Waals surface area (Å²) in [6, 6.07) is 6.57. The summed E-state index contributed by atoms with van der Waals surface area (Å²) < 4.78 is 2.14. The molecule has 0 aliphatic heterocycles.